The molecule has 0 bridgehead atoms. The van der Waals surface area contributed by atoms with Gasteiger partial charge < -0.3 is 9.80 Å². The summed E-state index contributed by atoms with van der Waals surface area (Å²) in [5.41, 5.74) is 3.43. The van der Waals surface area contributed by atoms with Crippen LogP contribution >= 0.6 is 0 Å². The minimum Gasteiger partial charge on any atom is -0.347 e. The third kappa shape index (κ3) is 2.74. The molecule has 3 rings (SSSR count). The van der Waals surface area contributed by atoms with Crippen molar-refractivity contribution in [1.82, 2.24) is 9.80 Å². The van der Waals surface area contributed by atoms with Crippen LogP contribution in [0.15, 0.2) is 18.2 Å². The Morgan fingerprint density at radius 3 is 2.55 bits per heavy atom. The van der Waals surface area contributed by atoms with Crippen molar-refractivity contribution in [2.45, 2.75) is 44.6 Å². The molecule has 1 unspecified atom stereocenters. The monoisotopic (exact) mass is 300 g/mol. The quantitative estimate of drug-likeness (QED) is 0.840. The second kappa shape index (κ2) is 6.11. The van der Waals surface area contributed by atoms with Crippen molar-refractivity contribution in [3.05, 3.63) is 34.9 Å². The van der Waals surface area contributed by atoms with Gasteiger partial charge in [0.1, 0.15) is 6.04 Å². The lowest BCUT2D eigenvalue weighted by molar-refractivity contribution is -0.132. The molecule has 0 radical (unpaired) electrons. The Balaban J connectivity index is 1.82. The van der Waals surface area contributed by atoms with Crippen molar-refractivity contribution in [3.8, 4) is 0 Å². The third-order valence-electron chi connectivity index (χ3n) is 4.83. The van der Waals surface area contributed by atoms with Crippen molar-refractivity contribution < 1.29 is 9.59 Å². The lowest BCUT2D eigenvalue weighted by atomic mass is 9.90. The molecule has 0 saturated carbocycles. The number of hydrogen-bond donors (Lipinski definition) is 0. The molecule has 1 saturated heterocycles. The van der Waals surface area contributed by atoms with Gasteiger partial charge in [-0.15, -0.1) is 0 Å². The normalized spacial score (nSPS) is 20.6. The van der Waals surface area contributed by atoms with Crippen LogP contribution in [0.1, 0.15) is 47.2 Å². The number of likely N-dealkylation sites (tertiary alicyclic amines) is 1. The Labute approximate surface area is 132 Å². The van der Waals surface area contributed by atoms with E-state index in [1.807, 2.05) is 12.1 Å². The fourth-order valence-corrected chi connectivity index (χ4v) is 3.60. The molecule has 4 heteroatoms. The van der Waals surface area contributed by atoms with Gasteiger partial charge in [0.15, 0.2) is 0 Å². The highest BCUT2D eigenvalue weighted by Crippen LogP contribution is 2.25. The molecule has 0 spiro atoms. The van der Waals surface area contributed by atoms with Gasteiger partial charge in [-0.1, -0.05) is 6.07 Å². The first kappa shape index (κ1) is 15.1. The Hall–Kier alpha value is -1.84. The third-order valence-corrected chi connectivity index (χ3v) is 4.83. The van der Waals surface area contributed by atoms with Crippen LogP contribution < -0.4 is 0 Å². The molecule has 2 amide bonds. The molecule has 22 heavy (non-hydrogen) atoms. The number of aryl methyl sites for hydroxylation is 2. The molecule has 1 aliphatic heterocycles. The fraction of sp³-hybridized carbons (Fsp3) is 0.556. The molecule has 0 aromatic heterocycles. The number of fused-ring (bicyclic) bond motifs is 1. The minimum absolute atomic E-state index is 0.00562. The standard InChI is InChI=1S/C18H24N2O2/c1-19(2)18(22)16-8-5-11-20(16)17(21)15-10-9-13-6-3-4-7-14(13)12-15/h9-10,12,16H,3-8,11H2,1-2H3. The Morgan fingerprint density at radius 1 is 1.09 bits per heavy atom. The zero-order chi connectivity index (χ0) is 15.7. The molecule has 1 atom stereocenters. The van der Waals surface area contributed by atoms with E-state index in [4.69, 9.17) is 0 Å². The first-order valence-corrected chi connectivity index (χ1v) is 8.22. The van der Waals surface area contributed by atoms with Gasteiger partial charge in [-0.05, 0) is 61.8 Å². The molecular formula is C18H24N2O2. The molecule has 1 fully saturated rings. The predicted octanol–water partition coefficient (Wildman–Crippen LogP) is 2.26. The zero-order valence-corrected chi connectivity index (χ0v) is 13.5. The highest BCUT2D eigenvalue weighted by Gasteiger charge is 2.35. The minimum atomic E-state index is -0.293. The van der Waals surface area contributed by atoms with Gasteiger partial charge in [-0.3, -0.25) is 9.59 Å². The zero-order valence-electron chi connectivity index (χ0n) is 13.5. The average molecular weight is 300 g/mol. The van der Waals surface area contributed by atoms with Crippen LogP contribution in [0, 0.1) is 0 Å². The van der Waals surface area contributed by atoms with Crippen molar-refractivity contribution >= 4 is 11.8 Å². The maximum atomic E-state index is 12.8. The maximum Gasteiger partial charge on any atom is 0.254 e. The smallest absolute Gasteiger partial charge is 0.254 e. The predicted molar refractivity (Wildman–Crippen MR) is 85.8 cm³/mol. The van der Waals surface area contributed by atoms with Crippen molar-refractivity contribution in [2.24, 2.45) is 0 Å². The maximum absolute atomic E-state index is 12.8. The number of amides is 2. The molecule has 1 aliphatic carbocycles. The van der Waals surface area contributed by atoms with Gasteiger partial charge in [-0.2, -0.15) is 0 Å². The highest BCUT2D eigenvalue weighted by molar-refractivity contribution is 5.98. The lowest BCUT2D eigenvalue weighted by Gasteiger charge is -2.27. The van der Waals surface area contributed by atoms with Gasteiger partial charge in [0.2, 0.25) is 5.91 Å². The second-order valence-electron chi connectivity index (χ2n) is 6.58. The number of likely N-dealkylation sites (N-methyl/N-ethyl adjacent to an activating group) is 1. The van der Waals surface area contributed by atoms with Crippen LogP contribution in [-0.2, 0) is 17.6 Å². The van der Waals surface area contributed by atoms with Crippen LogP contribution in [0.4, 0.5) is 0 Å². The summed E-state index contributed by atoms with van der Waals surface area (Å²) >= 11 is 0. The largest absolute Gasteiger partial charge is 0.347 e. The van der Waals surface area contributed by atoms with E-state index in [9.17, 15) is 9.59 Å². The molecule has 1 aromatic rings. The first-order valence-electron chi connectivity index (χ1n) is 8.22. The topological polar surface area (TPSA) is 40.6 Å². The number of benzene rings is 1. The van der Waals surface area contributed by atoms with Gasteiger partial charge in [0.05, 0.1) is 0 Å². The van der Waals surface area contributed by atoms with Crippen LogP contribution in [0.2, 0.25) is 0 Å². The van der Waals surface area contributed by atoms with Gasteiger partial charge in [-0.25, -0.2) is 0 Å². The summed E-state index contributed by atoms with van der Waals surface area (Å²) in [6.45, 7) is 0.681. The first-order chi connectivity index (χ1) is 10.6. The van der Waals surface area contributed by atoms with E-state index in [2.05, 4.69) is 6.07 Å². The van der Waals surface area contributed by atoms with E-state index < -0.39 is 0 Å². The molecule has 1 aromatic carbocycles. The summed E-state index contributed by atoms with van der Waals surface area (Å²) in [7, 11) is 3.50. The van der Waals surface area contributed by atoms with E-state index >= 15 is 0 Å². The SMILES string of the molecule is CN(C)C(=O)C1CCCN1C(=O)c1ccc2c(c1)CCCC2. The fourth-order valence-electron chi connectivity index (χ4n) is 3.60. The summed E-state index contributed by atoms with van der Waals surface area (Å²) in [5, 5.41) is 0. The molecule has 2 aliphatic rings. The van der Waals surface area contributed by atoms with Gasteiger partial charge in [0.25, 0.3) is 5.91 Å². The summed E-state index contributed by atoms with van der Waals surface area (Å²) in [4.78, 5) is 28.4. The number of rotatable bonds is 2. The molecule has 118 valence electrons. The van der Waals surface area contributed by atoms with Gasteiger partial charge >= 0.3 is 0 Å². The van der Waals surface area contributed by atoms with Crippen molar-refractivity contribution in [2.75, 3.05) is 20.6 Å². The molecule has 1 heterocycles. The Bertz CT molecular complexity index is 595. The number of nitrogens with zero attached hydrogens (tertiary/aromatic N) is 2. The van der Waals surface area contributed by atoms with Crippen LogP contribution in [-0.4, -0.2) is 48.3 Å². The average Bonchev–Trinajstić information content (AvgIpc) is 3.02. The number of carbonyl (C=O) groups is 2. The lowest BCUT2D eigenvalue weighted by Crippen LogP contribution is -2.45. The van der Waals surface area contributed by atoms with E-state index in [0.717, 1.165) is 31.2 Å². The van der Waals surface area contributed by atoms with Crippen LogP contribution in [0.3, 0.4) is 0 Å². The van der Waals surface area contributed by atoms with Crippen molar-refractivity contribution in [3.63, 3.8) is 0 Å². The Morgan fingerprint density at radius 2 is 1.82 bits per heavy atom. The van der Waals surface area contributed by atoms with Gasteiger partial charge in [0, 0.05) is 26.2 Å². The highest BCUT2D eigenvalue weighted by atomic mass is 16.2. The summed E-state index contributed by atoms with van der Waals surface area (Å²) in [6.07, 6.45) is 6.31. The van der Waals surface area contributed by atoms with E-state index in [-0.39, 0.29) is 17.9 Å². The Kier molecular flexibility index (Phi) is 4.19. The molecular weight excluding hydrogens is 276 g/mol. The van der Waals surface area contributed by atoms with Crippen molar-refractivity contribution in [1.29, 1.82) is 0 Å². The van der Waals surface area contributed by atoms with Crippen LogP contribution in [0.5, 0.6) is 0 Å². The summed E-state index contributed by atoms with van der Waals surface area (Å²) in [6, 6.07) is 5.79. The van der Waals surface area contributed by atoms with E-state index in [1.54, 1.807) is 23.9 Å². The molecule has 4 nitrogen and oxygen atoms in total. The molecule has 0 N–H and O–H groups in total. The van der Waals surface area contributed by atoms with E-state index in [0.29, 0.717) is 6.54 Å². The second-order valence-corrected chi connectivity index (χ2v) is 6.58. The van der Waals surface area contributed by atoms with E-state index in [1.165, 1.54) is 24.0 Å². The number of hydrogen-bond acceptors (Lipinski definition) is 2. The van der Waals surface area contributed by atoms with Crippen LogP contribution in [0.25, 0.3) is 0 Å². The summed E-state index contributed by atoms with van der Waals surface area (Å²) < 4.78 is 0. The summed E-state index contributed by atoms with van der Waals surface area (Å²) in [5.74, 6) is 0.0369. The number of carbonyl (C=O) groups excluding carboxylic acids is 2.